The van der Waals surface area contributed by atoms with Crippen LogP contribution >= 0.6 is 27.5 Å². The molecule has 1 aromatic rings. The molecule has 1 amide bonds. The zero-order chi connectivity index (χ0) is 12.1. The second kappa shape index (κ2) is 6.26. The first-order chi connectivity index (χ1) is 7.54. The Morgan fingerprint density at radius 1 is 1.56 bits per heavy atom. The number of hydrogen-bond donors (Lipinski definition) is 1. The third-order valence-corrected chi connectivity index (χ3v) is 3.59. The quantitative estimate of drug-likeness (QED) is 0.873. The van der Waals surface area contributed by atoms with E-state index in [9.17, 15) is 4.79 Å². The monoisotopic (exact) mass is 303 g/mol. The van der Waals surface area contributed by atoms with Crippen LogP contribution in [0.25, 0.3) is 0 Å². The number of hydrogen-bond acceptors (Lipinski definition) is 1. The van der Waals surface area contributed by atoms with Crippen molar-refractivity contribution < 1.29 is 4.79 Å². The van der Waals surface area contributed by atoms with Crippen LogP contribution in [-0.2, 0) is 4.79 Å². The lowest BCUT2D eigenvalue weighted by Crippen LogP contribution is -2.20. The van der Waals surface area contributed by atoms with Gasteiger partial charge >= 0.3 is 0 Å². The van der Waals surface area contributed by atoms with Crippen molar-refractivity contribution in [3.63, 3.8) is 0 Å². The molecule has 4 heteroatoms. The maximum absolute atomic E-state index is 11.7. The first-order valence-corrected chi connectivity index (χ1v) is 6.47. The molecule has 0 aromatic heterocycles. The normalized spacial score (nSPS) is 12.2. The Morgan fingerprint density at radius 2 is 2.25 bits per heavy atom. The second-order valence-electron chi connectivity index (χ2n) is 3.81. The second-order valence-corrected chi connectivity index (χ2v) is 5.07. The molecule has 0 aliphatic rings. The Kier molecular flexibility index (Phi) is 5.29. The SMILES string of the molecule is CCCC(C)C(=O)Nc1ccc(Br)c(Cl)c1. The third kappa shape index (κ3) is 3.80. The summed E-state index contributed by atoms with van der Waals surface area (Å²) in [6.07, 6.45) is 1.91. The van der Waals surface area contributed by atoms with Gasteiger partial charge in [0, 0.05) is 16.1 Å². The van der Waals surface area contributed by atoms with E-state index >= 15 is 0 Å². The van der Waals surface area contributed by atoms with E-state index in [1.807, 2.05) is 19.1 Å². The summed E-state index contributed by atoms with van der Waals surface area (Å²) in [6, 6.07) is 5.39. The average Bonchev–Trinajstić information content (AvgIpc) is 2.24. The van der Waals surface area contributed by atoms with Crippen molar-refractivity contribution in [1.82, 2.24) is 0 Å². The zero-order valence-corrected chi connectivity index (χ0v) is 11.7. The number of carbonyl (C=O) groups is 1. The molecule has 0 bridgehead atoms. The molecule has 0 aliphatic carbocycles. The van der Waals surface area contributed by atoms with Crippen LogP contribution in [0.5, 0.6) is 0 Å². The highest BCUT2D eigenvalue weighted by Crippen LogP contribution is 2.25. The first kappa shape index (κ1) is 13.5. The Morgan fingerprint density at radius 3 is 2.81 bits per heavy atom. The van der Waals surface area contributed by atoms with Crippen molar-refractivity contribution >= 4 is 39.1 Å². The average molecular weight is 305 g/mol. The number of benzene rings is 1. The van der Waals surface area contributed by atoms with Crippen LogP contribution in [0.15, 0.2) is 22.7 Å². The lowest BCUT2D eigenvalue weighted by molar-refractivity contribution is -0.119. The minimum absolute atomic E-state index is 0.0347. The summed E-state index contributed by atoms with van der Waals surface area (Å²) in [6.45, 7) is 4.00. The Hall–Kier alpha value is -0.540. The van der Waals surface area contributed by atoms with Crippen molar-refractivity contribution in [3.05, 3.63) is 27.7 Å². The standard InChI is InChI=1S/C12H15BrClNO/c1-3-4-8(2)12(16)15-9-5-6-10(13)11(14)7-9/h5-8H,3-4H2,1-2H3,(H,15,16). The minimum atomic E-state index is 0.0347. The molecule has 0 spiro atoms. The van der Waals surface area contributed by atoms with E-state index in [1.54, 1.807) is 6.07 Å². The van der Waals surface area contributed by atoms with Crippen molar-refractivity contribution in [3.8, 4) is 0 Å². The third-order valence-electron chi connectivity index (χ3n) is 2.36. The molecule has 88 valence electrons. The van der Waals surface area contributed by atoms with Gasteiger partial charge in [0.1, 0.15) is 0 Å². The molecule has 0 saturated carbocycles. The molecule has 0 aliphatic heterocycles. The summed E-state index contributed by atoms with van der Waals surface area (Å²) in [5, 5.41) is 3.45. The molecular formula is C12H15BrClNO. The first-order valence-electron chi connectivity index (χ1n) is 5.30. The predicted molar refractivity (Wildman–Crippen MR) is 71.9 cm³/mol. The van der Waals surface area contributed by atoms with E-state index in [2.05, 4.69) is 28.2 Å². The summed E-state index contributed by atoms with van der Waals surface area (Å²) in [5.41, 5.74) is 0.737. The van der Waals surface area contributed by atoms with Gasteiger partial charge < -0.3 is 5.32 Å². The molecule has 1 atom stereocenters. The van der Waals surface area contributed by atoms with Gasteiger partial charge in [0.25, 0.3) is 0 Å². The summed E-state index contributed by atoms with van der Waals surface area (Å²) in [4.78, 5) is 11.7. The van der Waals surface area contributed by atoms with Crippen LogP contribution in [0.1, 0.15) is 26.7 Å². The van der Waals surface area contributed by atoms with E-state index < -0.39 is 0 Å². The van der Waals surface area contributed by atoms with Gasteiger partial charge in [-0.25, -0.2) is 0 Å². The molecule has 0 fully saturated rings. The maximum Gasteiger partial charge on any atom is 0.227 e. The Bertz CT molecular complexity index is 381. The van der Waals surface area contributed by atoms with Crippen LogP contribution in [0, 0.1) is 5.92 Å². The number of anilines is 1. The summed E-state index contributed by atoms with van der Waals surface area (Å²) < 4.78 is 0.828. The fourth-order valence-electron chi connectivity index (χ4n) is 1.40. The highest BCUT2D eigenvalue weighted by Gasteiger charge is 2.12. The lowest BCUT2D eigenvalue weighted by atomic mass is 10.1. The van der Waals surface area contributed by atoms with Crippen LogP contribution in [0.3, 0.4) is 0 Å². The molecule has 16 heavy (non-hydrogen) atoms. The van der Waals surface area contributed by atoms with Gasteiger partial charge in [-0.3, -0.25) is 4.79 Å². The van der Waals surface area contributed by atoms with E-state index in [0.717, 1.165) is 23.0 Å². The summed E-state index contributed by atoms with van der Waals surface area (Å²) in [5.74, 6) is 0.0765. The van der Waals surface area contributed by atoms with Gasteiger partial charge in [-0.05, 0) is 40.5 Å². The van der Waals surface area contributed by atoms with Gasteiger partial charge in [0.05, 0.1) is 5.02 Å². The highest BCUT2D eigenvalue weighted by atomic mass is 79.9. The van der Waals surface area contributed by atoms with Crippen LogP contribution in [0.4, 0.5) is 5.69 Å². The number of rotatable bonds is 4. The van der Waals surface area contributed by atoms with Gasteiger partial charge in [-0.1, -0.05) is 31.9 Å². The van der Waals surface area contributed by atoms with Crippen molar-refractivity contribution in [2.24, 2.45) is 5.92 Å². The molecule has 1 rings (SSSR count). The zero-order valence-electron chi connectivity index (χ0n) is 9.39. The highest BCUT2D eigenvalue weighted by molar-refractivity contribution is 9.10. The number of halogens is 2. The largest absolute Gasteiger partial charge is 0.326 e. The van der Waals surface area contributed by atoms with E-state index in [0.29, 0.717) is 5.02 Å². The van der Waals surface area contributed by atoms with Gasteiger partial charge in [-0.2, -0.15) is 0 Å². The van der Waals surface area contributed by atoms with E-state index in [4.69, 9.17) is 11.6 Å². The minimum Gasteiger partial charge on any atom is -0.326 e. The molecule has 0 radical (unpaired) electrons. The lowest BCUT2D eigenvalue weighted by Gasteiger charge is -2.11. The van der Waals surface area contributed by atoms with Gasteiger partial charge in [-0.15, -0.1) is 0 Å². The molecule has 2 nitrogen and oxygen atoms in total. The molecule has 0 saturated heterocycles. The van der Waals surface area contributed by atoms with Crippen LogP contribution in [0.2, 0.25) is 5.02 Å². The predicted octanol–water partition coefficient (Wildman–Crippen LogP) is 4.48. The van der Waals surface area contributed by atoms with Crippen LogP contribution in [-0.4, -0.2) is 5.91 Å². The van der Waals surface area contributed by atoms with Crippen molar-refractivity contribution in [1.29, 1.82) is 0 Å². The maximum atomic E-state index is 11.7. The number of carbonyl (C=O) groups excluding carboxylic acids is 1. The molecular weight excluding hydrogens is 289 g/mol. The van der Waals surface area contributed by atoms with Crippen LogP contribution < -0.4 is 5.32 Å². The topological polar surface area (TPSA) is 29.1 Å². The fourth-order valence-corrected chi connectivity index (χ4v) is 1.83. The molecule has 1 unspecified atom stereocenters. The Balaban J connectivity index is 2.66. The van der Waals surface area contributed by atoms with E-state index in [1.165, 1.54) is 0 Å². The smallest absolute Gasteiger partial charge is 0.227 e. The van der Waals surface area contributed by atoms with E-state index in [-0.39, 0.29) is 11.8 Å². The fraction of sp³-hybridized carbons (Fsp3) is 0.417. The Labute approximate surface area is 110 Å². The molecule has 1 aromatic carbocycles. The molecule has 1 N–H and O–H groups in total. The molecule has 0 heterocycles. The number of amides is 1. The van der Waals surface area contributed by atoms with Gasteiger partial charge in [0.2, 0.25) is 5.91 Å². The van der Waals surface area contributed by atoms with Crippen molar-refractivity contribution in [2.45, 2.75) is 26.7 Å². The summed E-state index contributed by atoms with van der Waals surface area (Å²) in [7, 11) is 0. The number of nitrogens with one attached hydrogen (secondary N) is 1. The van der Waals surface area contributed by atoms with Gasteiger partial charge in [0.15, 0.2) is 0 Å². The summed E-state index contributed by atoms with van der Waals surface area (Å²) >= 11 is 9.24. The van der Waals surface area contributed by atoms with Crippen molar-refractivity contribution in [2.75, 3.05) is 5.32 Å².